The first-order valence-corrected chi connectivity index (χ1v) is 11.2. The van der Waals surface area contributed by atoms with Gasteiger partial charge in [0.2, 0.25) is 0 Å². The monoisotopic (exact) mass is 388 g/mol. The van der Waals surface area contributed by atoms with Crippen molar-refractivity contribution < 1.29 is 5.11 Å². The van der Waals surface area contributed by atoms with Gasteiger partial charge in [-0.2, -0.15) is 0 Å². The average Bonchev–Trinajstić information content (AvgIpc) is 2.53. The minimum Gasteiger partial charge on any atom is -0.508 e. The summed E-state index contributed by atoms with van der Waals surface area (Å²) >= 11 is 0. The average molecular weight is 389 g/mol. The molecule has 28 heavy (non-hydrogen) atoms. The summed E-state index contributed by atoms with van der Waals surface area (Å²) < 4.78 is 0. The van der Waals surface area contributed by atoms with Gasteiger partial charge in [-0.3, -0.25) is 4.90 Å². The second-order valence-electron chi connectivity index (χ2n) is 11.1. The molecule has 1 saturated heterocycles. The highest BCUT2D eigenvalue weighted by Gasteiger charge is 2.39. The van der Waals surface area contributed by atoms with Gasteiger partial charge >= 0.3 is 0 Å². The van der Waals surface area contributed by atoms with Crippen LogP contribution in [0.15, 0.2) is 18.2 Å². The van der Waals surface area contributed by atoms with E-state index >= 15 is 0 Å². The van der Waals surface area contributed by atoms with E-state index in [2.05, 4.69) is 77.9 Å². The molecule has 0 atom stereocenters. The van der Waals surface area contributed by atoms with Gasteiger partial charge < -0.3 is 10.4 Å². The third kappa shape index (κ3) is 6.22. The molecule has 0 saturated carbocycles. The topological polar surface area (TPSA) is 35.5 Å². The maximum absolute atomic E-state index is 10.7. The second-order valence-corrected chi connectivity index (χ2v) is 11.1. The molecule has 2 N–H and O–H groups in total. The molecule has 0 radical (unpaired) electrons. The number of hydrogen-bond acceptors (Lipinski definition) is 3. The summed E-state index contributed by atoms with van der Waals surface area (Å²) in [6.45, 7) is 16.8. The van der Waals surface area contributed by atoms with Gasteiger partial charge in [0, 0.05) is 29.2 Å². The summed E-state index contributed by atoms with van der Waals surface area (Å²) in [5, 5.41) is 14.5. The van der Waals surface area contributed by atoms with E-state index in [0.717, 1.165) is 24.9 Å². The van der Waals surface area contributed by atoms with Crippen LogP contribution in [0, 0.1) is 0 Å². The van der Waals surface area contributed by atoms with E-state index in [1.54, 1.807) is 0 Å². The highest BCUT2D eigenvalue weighted by molar-refractivity contribution is 5.39. The zero-order valence-corrected chi connectivity index (χ0v) is 19.7. The zero-order chi connectivity index (χ0) is 21.2. The standard InChI is InChI=1S/C25H44N2O/c1-9-10-11-14-23(2,3)20-13-12-19(22(28)15-20)18-27(8)21-16-24(4,5)26-25(6,7)17-21/h12-13,15,21,26,28H,9-11,14,16-18H2,1-8H3. The molecular formula is C25H44N2O. The third-order valence-corrected chi connectivity index (χ3v) is 6.48. The van der Waals surface area contributed by atoms with Crippen molar-refractivity contribution in [3.8, 4) is 5.75 Å². The first-order chi connectivity index (χ1) is 12.9. The zero-order valence-electron chi connectivity index (χ0n) is 19.7. The molecule has 0 bridgehead atoms. The van der Waals surface area contributed by atoms with Crippen LogP contribution < -0.4 is 5.32 Å². The lowest BCUT2D eigenvalue weighted by Crippen LogP contribution is -2.61. The predicted octanol–water partition coefficient (Wildman–Crippen LogP) is 5.99. The van der Waals surface area contributed by atoms with E-state index < -0.39 is 0 Å². The Morgan fingerprint density at radius 2 is 1.71 bits per heavy atom. The number of unbranched alkanes of at least 4 members (excludes halogenated alkanes) is 2. The van der Waals surface area contributed by atoms with Crippen LogP contribution >= 0.6 is 0 Å². The van der Waals surface area contributed by atoms with Gasteiger partial charge in [0.1, 0.15) is 5.75 Å². The van der Waals surface area contributed by atoms with E-state index in [1.807, 2.05) is 6.07 Å². The van der Waals surface area contributed by atoms with Crippen molar-refractivity contribution >= 4 is 0 Å². The Labute approximate surface area is 173 Å². The second kappa shape index (κ2) is 8.75. The number of phenolic OH excluding ortho intramolecular Hbond substituents is 1. The fourth-order valence-electron chi connectivity index (χ4n) is 5.06. The van der Waals surface area contributed by atoms with Crippen LogP contribution in [0.5, 0.6) is 5.75 Å². The molecule has 3 heteroatoms. The van der Waals surface area contributed by atoms with Crippen molar-refractivity contribution in [2.45, 2.75) is 116 Å². The number of phenols is 1. The molecule has 2 rings (SSSR count). The van der Waals surface area contributed by atoms with Gasteiger partial charge in [-0.05, 0) is 71.0 Å². The number of hydrogen-bond donors (Lipinski definition) is 2. The van der Waals surface area contributed by atoms with Gasteiger partial charge in [0.25, 0.3) is 0 Å². The minimum atomic E-state index is 0.111. The molecule has 1 aromatic rings. The Morgan fingerprint density at radius 3 is 2.25 bits per heavy atom. The molecule has 1 aromatic carbocycles. The lowest BCUT2D eigenvalue weighted by Gasteiger charge is -2.49. The van der Waals surface area contributed by atoms with Gasteiger partial charge in [0.05, 0.1) is 0 Å². The van der Waals surface area contributed by atoms with E-state index in [0.29, 0.717) is 11.8 Å². The Bertz CT molecular complexity index is 632. The molecule has 0 aliphatic carbocycles. The predicted molar refractivity (Wildman–Crippen MR) is 121 cm³/mol. The smallest absolute Gasteiger partial charge is 0.120 e. The minimum absolute atomic E-state index is 0.111. The maximum atomic E-state index is 10.7. The SMILES string of the molecule is CCCCCC(C)(C)c1ccc(CN(C)C2CC(C)(C)NC(C)(C)C2)c(O)c1. The van der Waals surface area contributed by atoms with Crippen LogP contribution in [0.3, 0.4) is 0 Å². The van der Waals surface area contributed by atoms with Gasteiger partial charge in [0.15, 0.2) is 0 Å². The maximum Gasteiger partial charge on any atom is 0.120 e. The van der Waals surface area contributed by atoms with Gasteiger partial charge in [-0.25, -0.2) is 0 Å². The lowest BCUT2D eigenvalue weighted by atomic mass is 9.78. The van der Waals surface area contributed by atoms with Crippen LogP contribution in [-0.4, -0.2) is 34.2 Å². The molecule has 0 aromatic heterocycles. The number of benzene rings is 1. The Morgan fingerprint density at radius 1 is 1.11 bits per heavy atom. The van der Waals surface area contributed by atoms with Crippen LogP contribution in [0.2, 0.25) is 0 Å². The molecule has 160 valence electrons. The molecule has 1 aliphatic heterocycles. The van der Waals surface area contributed by atoms with Crippen LogP contribution in [0.4, 0.5) is 0 Å². The van der Waals surface area contributed by atoms with Gasteiger partial charge in [-0.15, -0.1) is 0 Å². The number of nitrogens with one attached hydrogen (secondary N) is 1. The van der Waals surface area contributed by atoms with Crippen molar-refractivity contribution in [1.29, 1.82) is 0 Å². The molecule has 1 aliphatic rings. The number of nitrogens with zero attached hydrogens (tertiary/aromatic N) is 1. The molecule has 0 spiro atoms. The van der Waals surface area contributed by atoms with Crippen LogP contribution in [0.1, 0.15) is 98.1 Å². The van der Waals surface area contributed by atoms with Gasteiger partial charge in [-0.1, -0.05) is 52.2 Å². The molecule has 0 amide bonds. The quantitative estimate of drug-likeness (QED) is 0.537. The van der Waals surface area contributed by atoms with E-state index in [1.165, 1.54) is 31.2 Å². The largest absolute Gasteiger partial charge is 0.508 e. The molecule has 3 nitrogen and oxygen atoms in total. The summed E-state index contributed by atoms with van der Waals surface area (Å²) in [5.41, 5.74) is 2.66. The summed E-state index contributed by atoms with van der Waals surface area (Å²) in [6, 6.07) is 6.88. The molecule has 1 heterocycles. The summed E-state index contributed by atoms with van der Waals surface area (Å²) in [7, 11) is 2.20. The first kappa shape index (κ1) is 23.2. The van der Waals surface area contributed by atoms with E-state index in [4.69, 9.17) is 0 Å². The summed E-state index contributed by atoms with van der Waals surface area (Å²) in [4.78, 5) is 2.42. The molecule has 0 unspecified atom stereocenters. The van der Waals surface area contributed by atoms with Crippen molar-refractivity contribution in [3.63, 3.8) is 0 Å². The molecule has 1 fully saturated rings. The summed E-state index contributed by atoms with van der Waals surface area (Å²) in [6.07, 6.45) is 7.18. The van der Waals surface area contributed by atoms with Crippen molar-refractivity contribution in [3.05, 3.63) is 29.3 Å². The van der Waals surface area contributed by atoms with E-state index in [-0.39, 0.29) is 16.5 Å². The van der Waals surface area contributed by atoms with Crippen LogP contribution in [0.25, 0.3) is 0 Å². The van der Waals surface area contributed by atoms with E-state index in [9.17, 15) is 5.11 Å². The fourth-order valence-corrected chi connectivity index (χ4v) is 5.06. The Balaban J connectivity index is 2.08. The normalized spacial score (nSPS) is 19.9. The Kier molecular flexibility index (Phi) is 7.26. The summed E-state index contributed by atoms with van der Waals surface area (Å²) in [5.74, 6) is 0.445. The van der Waals surface area contributed by atoms with Crippen molar-refractivity contribution in [1.82, 2.24) is 10.2 Å². The van der Waals surface area contributed by atoms with Crippen molar-refractivity contribution in [2.24, 2.45) is 0 Å². The third-order valence-electron chi connectivity index (χ3n) is 6.48. The fraction of sp³-hybridized carbons (Fsp3) is 0.760. The van der Waals surface area contributed by atoms with Crippen molar-refractivity contribution in [2.75, 3.05) is 7.05 Å². The molecular weight excluding hydrogens is 344 g/mol. The highest BCUT2D eigenvalue weighted by Crippen LogP contribution is 2.35. The lowest BCUT2D eigenvalue weighted by molar-refractivity contribution is 0.0773. The number of rotatable bonds is 8. The first-order valence-electron chi connectivity index (χ1n) is 11.2. The number of piperidine rings is 1. The highest BCUT2D eigenvalue weighted by atomic mass is 16.3. The van der Waals surface area contributed by atoms with Crippen LogP contribution in [-0.2, 0) is 12.0 Å². The number of aromatic hydroxyl groups is 1. The Hall–Kier alpha value is -1.06.